The lowest BCUT2D eigenvalue weighted by atomic mass is 10.1. The third-order valence-electron chi connectivity index (χ3n) is 3.52. The molecule has 6 heteroatoms. The van der Waals surface area contributed by atoms with Crippen molar-refractivity contribution in [2.24, 2.45) is 0 Å². The van der Waals surface area contributed by atoms with Crippen LogP contribution in [0.15, 0.2) is 29.2 Å². The first-order valence-electron chi connectivity index (χ1n) is 6.58. The molecule has 1 aromatic carbocycles. The number of rotatable bonds is 7. The van der Waals surface area contributed by atoms with E-state index in [0.29, 0.717) is 11.5 Å². The summed E-state index contributed by atoms with van der Waals surface area (Å²) in [6, 6.07) is 6.95. The monoisotopic (exact) mass is 300 g/mol. The van der Waals surface area contributed by atoms with E-state index in [1.165, 1.54) is 4.31 Å². The van der Waals surface area contributed by atoms with Crippen molar-refractivity contribution in [2.45, 2.75) is 30.8 Å². The van der Waals surface area contributed by atoms with Gasteiger partial charge in [-0.15, -0.1) is 0 Å². The van der Waals surface area contributed by atoms with E-state index >= 15 is 0 Å². The van der Waals surface area contributed by atoms with Crippen LogP contribution in [-0.4, -0.2) is 46.6 Å². The van der Waals surface area contributed by atoms with Gasteiger partial charge in [0.15, 0.2) is 0 Å². The Hall–Kier alpha value is -0.950. The van der Waals surface area contributed by atoms with Gasteiger partial charge in [-0.3, -0.25) is 0 Å². The highest BCUT2D eigenvalue weighted by Gasteiger charge is 2.25. The summed E-state index contributed by atoms with van der Waals surface area (Å²) in [5.74, 6) is 0. The van der Waals surface area contributed by atoms with Crippen molar-refractivity contribution in [3.63, 3.8) is 0 Å². The van der Waals surface area contributed by atoms with Crippen LogP contribution in [0.4, 0.5) is 0 Å². The Bertz CT molecular complexity index is 514. The number of likely N-dealkylation sites (N-methyl/N-ethyl adjacent to an activating group) is 1. The maximum absolute atomic E-state index is 12.5. The second-order valence-corrected chi connectivity index (χ2v) is 6.90. The molecule has 1 N–H and O–H groups in total. The van der Waals surface area contributed by atoms with E-state index < -0.39 is 10.0 Å². The van der Waals surface area contributed by atoms with Crippen LogP contribution in [0.2, 0.25) is 0 Å². The highest BCUT2D eigenvalue weighted by Crippen LogP contribution is 2.19. The molecule has 0 radical (unpaired) electrons. The average molecular weight is 300 g/mol. The first kappa shape index (κ1) is 17.1. The molecule has 1 aromatic rings. The normalized spacial score (nSPS) is 15.3. The largest absolute Gasteiger partial charge is 0.383 e. The molecule has 2 unspecified atom stereocenters. The Balaban J connectivity index is 2.98. The van der Waals surface area contributed by atoms with E-state index in [1.807, 2.05) is 33.0 Å². The molecular weight excluding hydrogens is 276 g/mol. The van der Waals surface area contributed by atoms with Gasteiger partial charge in [0, 0.05) is 26.2 Å². The van der Waals surface area contributed by atoms with Crippen LogP contribution in [-0.2, 0) is 14.8 Å². The van der Waals surface area contributed by atoms with Crippen LogP contribution < -0.4 is 5.32 Å². The number of hydrogen-bond donors (Lipinski definition) is 1. The third kappa shape index (κ3) is 3.79. The molecule has 0 saturated heterocycles. The molecule has 0 amide bonds. The second kappa shape index (κ2) is 7.17. The van der Waals surface area contributed by atoms with Gasteiger partial charge in [-0.1, -0.05) is 12.1 Å². The molecule has 0 aromatic heterocycles. The van der Waals surface area contributed by atoms with E-state index in [4.69, 9.17) is 4.74 Å². The van der Waals surface area contributed by atoms with E-state index in [9.17, 15) is 8.42 Å². The molecule has 0 aliphatic heterocycles. The minimum atomic E-state index is -3.48. The lowest BCUT2D eigenvalue weighted by Gasteiger charge is -2.24. The summed E-state index contributed by atoms with van der Waals surface area (Å²) in [6.07, 6.45) is 0. The van der Waals surface area contributed by atoms with Gasteiger partial charge >= 0.3 is 0 Å². The Kier molecular flexibility index (Phi) is 6.13. The molecule has 0 bridgehead atoms. The Labute approximate surface area is 122 Å². The van der Waals surface area contributed by atoms with Crippen molar-refractivity contribution >= 4 is 10.0 Å². The summed E-state index contributed by atoms with van der Waals surface area (Å²) in [6.45, 7) is 4.21. The fourth-order valence-electron chi connectivity index (χ4n) is 1.84. The first-order chi connectivity index (χ1) is 9.34. The number of ether oxygens (including phenoxy) is 1. The molecule has 0 spiro atoms. The van der Waals surface area contributed by atoms with Gasteiger partial charge in [0.2, 0.25) is 10.0 Å². The standard InChI is InChI=1S/C14H24N2O3S/c1-11(10-19-5)16(4)20(17,18)14-8-6-13(7-9-14)12(2)15-3/h6-9,11-12,15H,10H2,1-5H3. The number of sulfonamides is 1. The van der Waals surface area contributed by atoms with Gasteiger partial charge in [-0.2, -0.15) is 4.31 Å². The molecule has 20 heavy (non-hydrogen) atoms. The van der Waals surface area contributed by atoms with Crippen LogP contribution in [0.25, 0.3) is 0 Å². The predicted octanol–water partition coefficient (Wildman–Crippen LogP) is 1.62. The molecule has 0 heterocycles. The Morgan fingerprint density at radius 1 is 1.25 bits per heavy atom. The Morgan fingerprint density at radius 3 is 2.25 bits per heavy atom. The number of benzene rings is 1. The summed E-state index contributed by atoms with van der Waals surface area (Å²) < 4.78 is 31.3. The molecule has 0 aliphatic rings. The van der Waals surface area contributed by atoms with Crippen LogP contribution in [0, 0.1) is 0 Å². The first-order valence-corrected chi connectivity index (χ1v) is 8.02. The molecule has 5 nitrogen and oxygen atoms in total. The molecule has 1 rings (SSSR count). The average Bonchev–Trinajstić information content (AvgIpc) is 2.45. The third-order valence-corrected chi connectivity index (χ3v) is 5.50. The smallest absolute Gasteiger partial charge is 0.243 e. The molecule has 2 atom stereocenters. The lowest BCUT2D eigenvalue weighted by Crippen LogP contribution is -2.37. The zero-order valence-corrected chi connectivity index (χ0v) is 13.6. The second-order valence-electron chi connectivity index (χ2n) is 4.91. The predicted molar refractivity (Wildman–Crippen MR) is 80.2 cm³/mol. The van der Waals surface area contributed by atoms with Crippen LogP contribution in [0.5, 0.6) is 0 Å². The summed E-state index contributed by atoms with van der Waals surface area (Å²) >= 11 is 0. The Morgan fingerprint density at radius 2 is 1.80 bits per heavy atom. The van der Waals surface area contributed by atoms with Crippen molar-refractivity contribution in [1.82, 2.24) is 9.62 Å². The van der Waals surface area contributed by atoms with Gasteiger partial charge in [-0.05, 0) is 38.6 Å². The van der Waals surface area contributed by atoms with Crippen molar-refractivity contribution < 1.29 is 13.2 Å². The zero-order valence-electron chi connectivity index (χ0n) is 12.8. The lowest BCUT2D eigenvalue weighted by molar-refractivity contribution is 0.149. The number of nitrogens with zero attached hydrogens (tertiary/aromatic N) is 1. The molecule has 0 aliphatic carbocycles. The highest BCUT2D eigenvalue weighted by atomic mass is 32.2. The molecular formula is C14H24N2O3S. The van der Waals surface area contributed by atoms with E-state index in [0.717, 1.165) is 5.56 Å². The highest BCUT2D eigenvalue weighted by molar-refractivity contribution is 7.89. The molecule has 114 valence electrons. The van der Waals surface area contributed by atoms with E-state index in [-0.39, 0.29) is 12.1 Å². The van der Waals surface area contributed by atoms with Crippen LogP contribution in [0.1, 0.15) is 25.5 Å². The summed E-state index contributed by atoms with van der Waals surface area (Å²) in [5, 5.41) is 3.12. The number of methoxy groups -OCH3 is 1. The maximum Gasteiger partial charge on any atom is 0.243 e. The SMILES string of the molecule is CNC(C)c1ccc(S(=O)(=O)N(C)C(C)COC)cc1. The quantitative estimate of drug-likeness (QED) is 0.831. The van der Waals surface area contributed by atoms with Gasteiger partial charge in [0.05, 0.1) is 11.5 Å². The zero-order chi connectivity index (χ0) is 15.3. The van der Waals surface area contributed by atoms with E-state index in [1.54, 1.807) is 26.3 Å². The van der Waals surface area contributed by atoms with Crippen molar-refractivity contribution in [3.05, 3.63) is 29.8 Å². The van der Waals surface area contributed by atoms with Crippen molar-refractivity contribution in [2.75, 3.05) is 27.8 Å². The maximum atomic E-state index is 12.5. The van der Waals surface area contributed by atoms with Crippen molar-refractivity contribution in [3.8, 4) is 0 Å². The summed E-state index contributed by atoms with van der Waals surface area (Å²) in [5.41, 5.74) is 1.05. The van der Waals surface area contributed by atoms with Gasteiger partial charge < -0.3 is 10.1 Å². The molecule has 0 saturated carbocycles. The van der Waals surface area contributed by atoms with Gasteiger partial charge in [0.1, 0.15) is 0 Å². The molecule has 0 fully saturated rings. The fraction of sp³-hybridized carbons (Fsp3) is 0.571. The van der Waals surface area contributed by atoms with Crippen LogP contribution in [0.3, 0.4) is 0 Å². The topological polar surface area (TPSA) is 58.6 Å². The van der Waals surface area contributed by atoms with E-state index in [2.05, 4.69) is 5.32 Å². The fourth-order valence-corrected chi connectivity index (χ4v) is 3.19. The van der Waals surface area contributed by atoms with Gasteiger partial charge in [0.25, 0.3) is 0 Å². The van der Waals surface area contributed by atoms with Crippen molar-refractivity contribution in [1.29, 1.82) is 0 Å². The van der Waals surface area contributed by atoms with Gasteiger partial charge in [-0.25, -0.2) is 8.42 Å². The van der Waals surface area contributed by atoms with Crippen LogP contribution >= 0.6 is 0 Å². The minimum Gasteiger partial charge on any atom is -0.383 e. The summed E-state index contributed by atoms with van der Waals surface area (Å²) in [4.78, 5) is 0.301. The minimum absolute atomic E-state index is 0.192. The number of hydrogen-bond acceptors (Lipinski definition) is 4. The summed E-state index contributed by atoms with van der Waals surface area (Å²) in [7, 11) is 1.53. The number of nitrogens with one attached hydrogen (secondary N) is 1.